The second kappa shape index (κ2) is 10.9. The van der Waals surface area contributed by atoms with Crippen molar-refractivity contribution in [2.75, 3.05) is 37.6 Å². The molecular weight excluding hydrogens is 511 g/mol. The third-order valence-electron chi connectivity index (χ3n) is 6.45. The van der Waals surface area contributed by atoms with E-state index >= 15 is 0 Å². The summed E-state index contributed by atoms with van der Waals surface area (Å²) in [5, 5.41) is 19.5. The normalized spacial score (nSPS) is 14.3. The number of aromatic hydroxyl groups is 1. The van der Waals surface area contributed by atoms with Crippen LogP contribution < -0.4 is 10.2 Å². The number of hydrogen-bond acceptors (Lipinski definition) is 6. The summed E-state index contributed by atoms with van der Waals surface area (Å²) in [6.45, 7) is 6.58. The van der Waals surface area contributed by atoms with Crippen molar-refractivity contribution in [2.45, 2.75) is 32.4 Å². The first-order valence-electron chi connectivity index (χ1n) is 12.5. The molecule has 1 aromatic heterocycles. The van der Waals surface area contributed by atoms with Gasteiger partial charge in [-0.2, -0.15) is 13.2 Å². The van der Waals surface area contributed by atoms with Crippen molar-refractivity contribution in [1.29, 1.82) is 0 Å². The smallest absolute Gasteiger partial charge is 0.405 e. The largest absolute Gasteiger partial charge is 0.508 e. The minimum Gasteiger partial charge on any atom is -0.508 e. The molecule has 39 heavy (non-hydrogen) atoms. The SMILES string of the molecule is CC(C)(C)c1cc(C(=O)N2CCN(c3ccc(C(=O)NCC(F)(F)F)nn3)CC2)cc(-c2cccc(O)c2)c1. The highest BCUT2D eigenvalue weighted by atomic mass is 19.4. The molecule has 206 valence electrons. The number of rotatable bonds is 5. The van der Waals surface area contributed by atoms with Crippen LogP contribution in [0.15, 0.2) is 54.6 Å². The molecule has 0 aliphatic carbocycles. The third kappa shape index (κ3) is 7.04. The van der Waals surface area contributed by atoms with Crippen LogP contribution in [0.1, 0.15) is 47.2 Å². The van der Waals surface area contributed by atoms with Crippen LogP contribution in [0.2, 0.25) is 0 Å². The predicted molar refractivity (Wildman–Crippen MR) is 141 cm³/mol. The maximum absolute atomic E-state index is 13.5. The number of anilines is 1. The van der Waals surface area contributed by atoms with E-state index in [-0.39, 0.29) is 22.8 Å². The second-order valence-electron chi connectivity index (χ2n) is 10.5. The van der Waals surface area contributed by atoms with Crippen molar-refractivity contribution in [1.82, 2.24) is 20.4 Å². The number of carbonyl (C=O) groups excluding carboxylic acids is 2. The average Bonchev–Trinajstić information content (AvgIpc) is 2.90. The molecule has 2 amide bonds. The molecular formula is C28H30F3N5O3. The van der Waals surface area contributed by atoms with Gasteiger partial charge in [0, 0.05) is 31.7 Å². The van der Waals surface area contributed by atoms with Crippen molar-refractivity contribution in [3.05, 3.63) is 71.4 Å². The van der Waals surface area contributed by atoms with E-state index in [1.54, 1.807) is 28.4 Å². The molecule has 2 N–H and O–H groups in total. The lowest BCUT2D eigenvalue weighted by Crippen LogP contribution is -2.49. The van der Waals surface area contributed by atoms with Crippen LogP contribution in [0.3, 0.4) is 0 Å². The molecule has 4 rings (SSSR count). The van der Waals surface area contributed by atoms with Crippen molar-refractivity contribution < 1.29 is 27.9 Å². The van der Waals surface area contributed by atoms with Crippen LogP contribution in [0.5, 0.6) is 5.75 Å². The average molecular weight is 542 g/mol. The predicted octanol–water partition coefficient (Wildman–Crippen LogP) is 4.40. The molecule has 0 saturated carbocycles. The van der Waals surface area contributed by atoms with E-state index in [1.807, 2.05) is 29.2 Å². The fourth-order valence-corrected chi connectivity index (χ4v) is 4.24. The molecule has 2 heterocycles. The quantitative estimate of drug-likeness (QED) is 0.497. The van der Waals surface area contributed by atoms with E-state index in [0.29, 0.717) is 37.6 Å². The number of nitrogens with one attached hydrogen (secondary N) is 1. The first kappa shape index (κ1) is 27.9. The summed E-state index contributed by atoms with van der Waals surface area (Å²) < 4.78 is 37.0. The Morgan fingerprint density at radius 3 is 2.23 bits per heavy atom. The maximum Gasteiger partial charge on any atom is 0.405 e. The van der Waals surface area contributed by atoms with Crippen molar-refractivity contribution in [2.24, 2.45) is 0 Å². The fraction of sp³-hybridized carbons (Fsp3) is 0.357. The molecule has 0 bridgehead atoms. The summed E-state index contributed by atoms with van der Waals surface area (Å²) in [5.41, 5.74) is 2.81. The Kier molecular flexibility index (Phi) is 7.80. The summed E-state index contributed by atoms with van der Waals surface area (Å²) >= 11 is 0. The van der Waals surface area contributed by atoms with Gasteiger partial charge in [-0.25, -0.2) is 0 Å². The molecule has 1 aliphatic rings. The van der Waals surface area contributed by atoms with Crippen LogP contribution in [-0.2, 0) is 5.41 Å². The molecule has 1 saturated heterocycles. The molecule has 8 nitrogen and oxygen atoms in total. The Bertz CT molecular complexity index is 1350. The van der Waals surface area contributed by atoms with Crippen LogP contribution in [0.4, 0.5) is 19.0 Å². The topological polar surface area (TPSA) is 98.7 Å². The molecule has 1 aliphatic heterocycles. The summed E-state index contributed by atoms with van der Waals surface area (Å²) in [5.74, 6) is -0.444. The zero-order chi connectivity index (χ0) is 28.4. The standard InChI is InChI=1S/C28H30F3N5O3/c1-27(2,3)21-14-19(18-5-4-6-22(37)16-18)13-20(15-21)26(39)36-11-9-35(10-12-36)24-8-7-23(33-34-24)25(38)32-17-28(29,30)31/h4-8,13-16,37H,9-12,17H2,1-3H3,(H,32,38). The molecule has 0 unspecified atom stereocenters. The van der Waals surface area contributed by atoms with Gasteiger partial charge in [0.15, 0.2) is 11.5 Å². The van der Waals surface area contributed by atoms with Gasteiger partial charge < -0.3 is 20.2 Å². The highest BCUT2D eigenvalue weighted by Gasteiger charge is 2.29. The van der Waals surface area contributed by atoms with Crippen LogP contribution in [-0.4, -0.2) is 70.9 Å². The molecule has 1 fully saturated rings. The van der Waals surface area contributed by atoms with Gasteiger partial charge in [0.25, 0.3) is 11.8 Å². The monoisotopic (exact) mass is 541 g/mol. The molecule has 0 radical (unpaired) electrons. The van der Waals surface area contributed by atoms with Crippen molar-refractivity contribution >= 4 is 17.6 Å². The van der Waals surface area contributed by atoms with E-state index < -0.39 is 18.6 Å². The number of phenolic OH excluding ortho intramolecular Hbond substituents is 1. The number of benzene rings is 2. The van der Waals surface area contributed by atoms with Gasteiger partial charge in [0.2, 0.25) is 0 Å². The number of nitrogens with zero attached hydrogens (tertiary/aromatic N) is 4. The van der Waals surface area contributed by atoms with Crippen molar-refractivity contribution in [3.63, 3.8) is 0 Å². The molecule has 0 atom stereocenters. The lowest BCUT2D eigenvalue weighted by molar-refractivity contribution is -0.123. The van der Waals surface area contributed by atoms with Gasteiger partial charge >= 0.3 is 6.18 Å². The number of carbonyl (C=O) groups is 2. The van der Waals surface area contributed by atoms with E-state index in [1.165, 1.54) is 12.1 Å². The van der Waals surface area contributed by atoms with Gasteiger partial charge in [-0.05, 0) is 58.5 Å². The van der Waals surface area contributed by atoms with Crippen LogP contribution in [0, 0.1) is 0 Å². The Morgan fingerprint density at radius 2 is 1.64 bits per heavy atom. The van der Waals surface area contributed by atoms with Gasteiger partial charge in [0.05, 0.1) is 0 Å². The number of phenols is 1. The Balaban J connectivity index is 1.45. The van der Waals surface area contributed by atoms with Gasteiger partial charge in [-0.15, -0.1) is 10.2 Å². The maximum atomic E-state index is 13.5. The Hall–Kier alpha value is -4.15. The summed E-state index contributed by atoms with van der Waals surface area (Å²) in [4.78, 5) is 29.1. The number of alkyl halides is 3. The number of aromatic nitrogens is 2. The van der Waals surface area contributed by atoms with Crippen LogP contribution in [0.25, 0.3) is 11.1 Å². The molecule has 3 aromatic rings. The number of halogens is 3. The van der Waals surface area contributed by atoms with Crippen LogP contribution >= 0.6 is 0 Å². The lowest BCUT2D eigenvalue weighted by atomic mass is 9.84. The van der Waals surface area contributed by atoms with Gasteiger partial charge in [-0.3, -0.25) is 9.59 Å². The fourth-order valence-electron chi connectivity index (χ4n) is 4.24. The molecule has 2 aromatic carbocycles. The minimum absolute atomic E-state index is 0.107. The summed E-state index contributed by atoms with van der Waals surface area (Å²) in [6, 6.07) is 15.6. The van der Waals surface area contributed by atoms with Gasteiger partial charge in [-0.1, -0.05) is 39.0 Å². The third-order valence-corrected chi connectivity index (χ3v) is 6.45. The first-order chi connectivity index (χ1) is 18.3. The summed E-state index contributed by atoms with van der Waals surface area (Å²) in [6.07, 6.45) is -4.51. The molecule has 0 spiro atoms. The lowest BCUT2D eigenvalue weighted by Gasteiger charge is -2.35. The van der Waals surface area contributed by atoms with Crippen molar-refractivity contribution in [3.8, 4) is 16.9 Å². The van der Waals surface area contributed by atoms with E-state index in [2.05, 4.69) is 31.0 Å². The van der Waals surface area contributed by atoms with E-state index in [9.17, 15) is 27.9 Å². The zero-order valence-electron chi connectivity index (χ0n) is 21.9. The van der Waals surface area contributed by atoms with E-state index in [4.69, 9.17) is 0 Å². The highest BCUT2D eigenvalue weighted by molar-refractivity contribution is 5.96. The van der Waals surface area contributed by atoms with E-state index in [0.717, 1.165) is 16.7 Å². The zero-order valence-corrected chi connectivity index (χ0v) is 21.9. The number of amides is 2. The number of piperazine rings is 1. The highest BCUT2D eigenvalue weighted by Crippen LogP contribution is 2.31. The Labute approximate surface area is 224 Å². The number of hydrogen-bond donors (Lipinski definition) is 2. The first-order valence-corrected chi connectivity index (χ1v) is 12.5. The van der Waals surface area contributed by atoms with Gasteiger partial charge in [0.1, 0.15) is 12.3 Å². The second-order valence-corrected chi connectivity index (χ2v) is 10.5. The molecule has 11 heteroatoms. The minimum atomic E-state index is -4.51. The Morgan fingerprint density at radius 1 is 0.923 bits per heavy atom. The summed E-state index contributed by atoms with van der Waals surface area (Å²) in [7, 11) is 0.